The number of hydrogen-bond acceptors (Lipinski definition) is 2. The van der Waals surface area contributed by atoms with Gasteiger partial charge in [-0.25, -0.2) is 0 Å². The molecule has 1 aromatic carbocycles. The van der Waals surface area contributed by atoms with Gasteiger partial charge in [0.15, 0.2) is 0 Å². The molecule has 18 heavy (non-hydrogen) atoms. The lowest BCUT2D eigenvalue weighted by molar-refractivity contribution is 0.690. The molecule has 2 nitrogen and oxygen atoms in total. The minimum absolute atomic E-state index is 0.104. The second-order valence-corrected chi connectivity index (χ2v) is 4.62. The van der Waals surface area contributed by atoms with Crippen LogP contribution in [0, 0.1) is 0 Å². The average molecular weight is 261 g/mol. The van der Waals surface area contributed by atoms with Gasteiger partial charge in [-0.1, -0.05) is 42.8 Å². The van der Waals surface area contributed by atoms with E-state index in [1.807, 2.05) is 13.1 Å². The molecule has 3 heteroatoms. The standard InChI is InChI=1S/C15H17ClN2/c1-3-11-5-4-6-12(9-11)15(17-2)13-7-8-18-10-14(13)16/h4-10,15,17H,3H2,1-2H3. The molecule has 0 fully saturated rings. The first-order valence-electron chi connectivity index (χ1n) is 6.11. The fourth-order valence-corrected chi connectivity index (χ4v) is 2.34. The first-order chi connectivity index (χ1) is 8.76. The maximum atomic E-state index is 6.22. The maximum Gasteiger partial charge on any atom is 0.0640 e. The maximum absolute atomic E-state index is 6.22. The Labute approximate surface area is 113 Å². The zero-order valence-corrected chi connectivity index (χ0v) is 11.4. The highest BCUT2D eigenvalue weighted by atomic mass is 35.5. The van der Waals surface area contributed by atoms with E-state index in [9.17, 15) is 0 Å². The van der Waals surface area contributed by atoms with Crippen molar-refractivity contribution in [1.29, 1.82) is 0 Å². The summed E-state index contributed by atoms with van der Waals surface area (Å²) >= 11 is 6.22. The van der Waals surface area contributed by atoms with E-state index in [4.69, 9.17) is 11.6 Å². The molecule has 0 aliphatic heterocycles. The van der Waals surface area contributed by atoms with Crippen molar-refractivity contribution in [2.45, 2.75) is 19.4 Å². The molecule has 94 valence electrons. The van der Waals surface area contributed by atoms with E-state index < -0.39 is 0 Å². The molecular formula is C15H17ClN2. The van der Waals surface area contributed by atoms with Gasteiger partial charge in [-0.05, 0) is 36.2 Å². The van der Waals surface area contributed by atoms with Crippen molar-refractivity contribution in [3.05, 3.63) is 64.4 Å². The Kier molecular flexibility index (Phi) is 4.34. The van der Waals surface area contributed by atoms with Crippen LogP contribution in [-0.2, 0) is 6.42 Å². The van der Waals surface area contributed by atoms with E-state index in [0.717, 1.165) is 12.0 Å². The number of aryl methyl sites for hydroxylation is 1. The first kappa shape index (κ1) is 13.1. The molecule has 0 spiro atoms. The van der Waals surface area contributed by atoms with Crippen molar-refractivity contribution in [3.63, 3.8) is 0 Å². The van der Waals surface area contributed by atoms with E-state index in [2.05, 4.69) is 41.5 Å². The smallest absolute Gasteiger partial charge is 0.0640 e. The molecule has 0 aliphatic carbocycles. The molecule has 1 aromatic heterocycles. The van der Waals surface area contributed by atoms with Gasteiger partial charge >= 0.3 is 0 Å². The highest BCUT2D eigenvalue weighted by Gasteiger charge is 2.15. The Bertz CT molecular complexity index is 525. The summed E-state index contributed by atoms with van der Waals surface area (Å²) in [6.07, 6.45) is 4.49. The van der Waals surface area contributed by atoms with Gasteiger partial charge in [0.2, 0.25) is 0 Å². The third-order valence-electron chi connectivity index (χ3n) is 3.10. The summed E-state index contributed by atoms with van der Waals surface area (Å²) < 4.78 is 0. The molecule has 2 aromatic rings. The first-order valence-corrected chi connectivity index (χ1v) is 6.49. The zero-order chi connectivity index (χ0) is 13.0. The Morgan fingerprint density at radius 2 is 2.17 bits per heavy atom. The second-order valence-electron chi connectivity index (χ2n) is 4.22. The van der Waals surface area contributed by atoms with E-state index in [1.165, 1.54) is 11.1 Å². The molecular weight excluding hydrogens is 244 g/mol. The number of halogens is 1. The van der Waals surface area contributed by atoms with Crippen molar-refractivity contribution in [2.75, 3.05) is 7.05 Å². The lowest BCUT2D eigenvalue weighted by Gasteiger charge is -2.19. The van der Waals surface area contributed by atoms with Gasteiger partial charge < -0.3 is 5.32 Å². The minimum Gasteiger partial charge on any atom is -0.309 e. The van der Waals surface area contributed by atoms with Gasteiger partial charge in [0.25, 0.3) is 0 Å². The topological polar surface area (TPSA) is 24.9 Å². The van der Waals surface area contributed by atoms with Gasteiger partial charge in [0.1, 0.15) is 0 Å². The molecule has 0 aliphatic rings. The number of pyridine rings is 1. The number of nitrogens with zero attached hydrogens (tertiary/aromatic N) is 1. The minimum atomic E-state index is 0.104. The van der Waals surface area contributed by atoms with E-state index in [0.29, 0.717) is 5.02 Å². The molecule has 1 unspecified atom stereocenters. The summed E-state index contributed by atoms with van der Waals surface area (Å²) in [5.74, 6) is 0. The number of hydrogen-bond donors (Lipinski definition) is 1. The van der Waals surface area contributed by atoms with Gasteiger partial charge in [0, 0.05) is 12.4 Å². The van der Waals surface area contributed by atoms with Crippen LogP contribution in [0.2, 0.25) is 5.02 Å². The van der Waals surface area contributed by atoms with Crippen molar-refractivity contribution >= 4 is 11.6 Å². The molecule has 2 rings (SSSR count). The molecule has 0 amide bonds. The van der Waals surface area contributed by atoms with Crippen LogP contribution in [0.4, 0.5) is 0 Å². The number of aromatic nitrogens is 1. The summed E-state index contributed by atoms with van der Waals surface area (Å²) in [6.45, 7) is 2.16. The Morgan fingerprint density at radius 1 is 1.33 bits per heavy atom. The van der Waals surface area contributed by atoms with Crippen LogP contribution in [0.5, 0.6) is 0 Å². The Morgan fingerprint density at radius 3 is 2.83 bits per heavy atom. The van der Waals surface area contributed by atoms with Crippen molar-refractivity contribution in [2.24, 2.45) is 0 Å². The predicted octanol–water partition coefficient (Wildman–Crippen LogP) is 3.61. The molecule has 1 N–H and O–H groups in total. The average Bonchev–Trinajstić information content (AvgIpc) is 2.42. The van der Waals surface area contributed by atoms with Crippen LogP contribution >= 0.6 is 11.6 Å². The molecule has 1 heterocycles. The van der Waals surface area contributed by atoms with Gasteiger partial charge in [0.05, 0.1) is 11.1 Å². The molecule has 1 atom stereocenters. The summed E-state index contributed by atoms with van der Waals surface area (Å²) in [7, 11) is 1.94. The fourth-order valence-electron chi connectivity index (χ4n) is 2.11. The number of nitrogens with one attached hydrogen (secondary N) is 1. The Balaban J connectivity index is 2.42. The van der Waals surface area contributed by atoms with E-state index in [1.54, 1.807) is 12.4 Å². The van der Waals surface area contributed by atoms with Crippen LogP contribution in [0.15, 0.2) is 42.7 Å². The lowest BCUT2D eigenvalue weighted by Crippen LogP contribution is -2.18. The lowest BCUT2D eigenvalue weighted by atomic mass is 9.97. The van der Waals surface area contributed by atoms with E-state index in [-0.39, 0.29) is 6.04 Å². The molecule has 0 bridgehead atoms. The molecule has 0 radical (unpaired) electrons. The predicted molar refractivity (Wildman–Crippen MR) is 76.0 cm³/mol. The third kappa shape index (κ3) is 2.71. The number of benzene rings is 1. The van der Waals surface area contributed by atoms with Gasteiger partial charge in [-0.3, -0.25) is 4.98 Å². The van der Waals surface area contributed by atoms with Crippen LogP contribution in [0.25, 0.3) is 0 Å². The van der Waals surface area contributed by atoms with Crippen LogP contribution in [0.3, 0.4) is 0 Å². The molecule has 0 saturated carbocycles. The number of rotatable bonds is 4. The quantitative estimate of drug-likeness (QED) is 0.909. The van der Waals surface area contributed by atoms with Crippen molar-refractivity contribution in [3.8, 4) is 0 Å². The van der Waals surface area contributed by atoms with Gasteiger partial charge in [-0.15, -0.1) is 0 Å². The summed E-state index contributed by atoms with van der Waals surface area (Å²) in [5.41, 5.74) is 3.62. The molecule has 0 saturated heterocycles. The third-order valence-corrected chi connectivity index (χ3v) is 3.41. The highest BCUT2D eigenvalue weighted by Crippen LogP contribution is 2.27. The Hall–Kier alpha value is -1.38. The van der Waals surface area contributed by atoms with Crippen molar-refractivity contribution in [1.82, 2.24) is 10.3 Å². The van der Waals surface area contributed by atoms with E-state index >= 15 is 0 Å². The normalized spacial score (nSPS) is 12.4. The monoisotopic (exact) mass is 260 g/mol. The van der Waals surface area contributed by atoms with Crippen LogP contribution < -0.4 is 5.32 Å². The summed E-state index contributed by atoms with van der Waals surface area (Å²) in [5, 5.41) is 4.01. The second kappa shape index (κ2) is 5.98. The highest BCUT2D eigenvalue weighted by molar-refractivity contribution is 6.31. The fraction of sp³-hybridized carbons (Fsp3) is 0.267. The summed E-state index contributed by atoms with van der Waals surface area (Å²) in [6, 6.07) is 10.6. The van der Waals surface area contributed by atoms with Crippen molar-refractivity contribution < 1.29 is 0 Å². The summed E-state index contributed by atoms with van der Waals surface area (Å²) in [4.78, 5) is 4.03. The van der Waals surface area contributed by atoms with Crippen LogP contribution in [0.1, 0.15) is 29.7 Å². The largest absolute Gasteiger partial charge is 0.309 e. The zero-order valence-electron chi connectivity index (χ0n) is 10.7. The van der Waals surface area contributed by atoms with Gasteiger partial charge in [-0.2, -0.15) is 0 Å². The SMILES string of the molecule is CCc1cccc(C(NC)c2ccncc2Cl)c1. The van der Waals surface area contributed by atoms with Crippen LogP contribution in [-0.4, -0.2) is 12.0 Å².